The summed E-state index contributed by atoms with van der Waals surface area (Å²) in [4.78, 5) is 16.1. The van der Waals surface area contributed by atoms with Crippen LogP contribution in [-0.4, -0.2) is 43.7 Å². The molecule has 2 fully saturated rings. The van der Waals surface area contributed by atoms with Gasteiger partial charge in [-0.05, 0) is 72.3 Å². The predicted octanol–water partition coefficient (Wildman–Crippen LogP) is 4.24. The number of nitrogens with one attached hydrogen (secondary N) is 2. The van der Waals surface area contributed by atoms with E-state index in [2.05, 4.69) is 32.4 Å². The standard InChI is InChI=1S/C29H40N4O3S/c1-5-7-20-10-12-24(13-11-20)37(35,36)32-25(15-21-8-6-9-22(14-21)26(30)31)27(34)33-19-29(4)17-23(33)16-28(2,3)18-29/h6,8-14,23,25,32H,5,7,15-19H2,1-4H3,(H3,30,31)/t23?,25-,29?/m0/s1. The predicted molar refractivity (Wildman–Crippen MR) is 147 cm³/mol. The minimum atomic E-state index is -3.94. The molecule has 0 spiro atoms. The number of nitrogen functional groups attached to an aromatic ring is 1. The lowest BCUT2D eigenvalue weighted by molar-refractivity contribution is -0.134. The lowest BCUT2D eigenvalue weighted by Crippen LogP contribution is -2.51. The number of sulfonamides is 1. The number of fused-ring (bicyclic) bond motifs is 2. The first-order chi connectivity index (χ1) is 17.3. The van der Waals surface area contributed by atoms with Crippen molar-refractivity contribution in [3.05, 3.63) is 65.2 Å². The first kappa shape index (κ1) is 27.3. The summed E-state index contributed by atoms with van der Waals surface area (Å²) < 4.78 is 29.7. The molecular weight excluding hydrogens is 484 g/mol. The molecule has 8 heteroatoms. The largest absolute Gasteiger partial charge is 0.384 e. The van der Waals surface area contributed by atoms with Crippen LogP contribution in [0, 0.1) is 16.2 Å². The number of rotatable bonds is 9. The zero-order chi connectivity index (χ0) is 27.0. The third-order valence-electron chi connectivity index (χ3n) is 7.74. The molecule has 4 rings (SSSR count). The topological polar surface area (TPSA) is 116 Å². The van der Waals surface area contributed by atoms with E-state index in [1.54, 1.807) is 30.3 Å². The molecule has 2 aromatic rings. The van der Waals surface area contributed by atoms with Crippen molar-refractivity contribution in [2.45, 2.75) is 83.2 Å². The summed E-state index contributed by atoms with van der Waals surface area (Å²) in [6.07, 6.45) is 4.94. The average molecular weight is 525 g/mol. The van der Waals surface area contributed by atoms with Gasteiger partial charge in [0.25, 0.3) is 0 Å². The van der Waals surface area contributed by atoms with Crippen molar-refractivity contribution >= 4 is 21.8 Å². The number of amidine groups is 1. The van der Waals surface area contributed by atoms with Gasteiger partial charge in [-0.3, -0.25) is 10.2 Å². The number of hydrogen-bond acceptors (Lipinski definition) is 4. The van der Waals surface area contributed by atoms with Gasteiger partial charge in [0, 0.05) is 18.2 Å². The van der Waals surface area contributed by atoms with E-state index in [1.807, 2.05) is 23.1 Å². The summed E-state index contributed by atoms with van der Waals surface area (Å²) >= 11 is 0. The van der Waals surface area contributed by atoms with Crippen molar-refractivity contribution in [2.75, 3.05) is 6.54 Å². The smallest absolute Gasteiger partial charge is 0.241 e. The number of benzene rings is 2. The minimum absolute atomic E-state index is 0.0369. The number of aryl methyl sites for hydroxylation is 1. The van der Waals surface area contributed by atoms with E-state index in [4.69, 9.17) is 11.1 Å². The summed E-state index contributed by atoms with van der Waals surface area (Å²) in [5, 5.41) is 7.77. The Balaban J connectivity index is 1.64. The quantitative estimate of drug-likeness (QED) is 0.336. The number of carbonyl (C=O) groups excluding carboxylic acids is 1. The fourth-order valence-electron chi connectivity index (χ4n) is 6.58. The molecule has 3 atom stereocenters. The van der Waals surface area contributed by atoms with E-state index in [1.165, 1.54) is 0 Å². The van der Waals surface area contributed by atoms with Crippen LogP contribution in [0.3, 0.4) is 0 Å². The van der Waals surface area contributed by atoms with Crippen molar-refractivity contribution in [2.24, 2.45) is 16.6 Å². The van der Waals surface area contributed by atoms with Crippen molar-refractivity contribution in [3.8, 4) is 0 Å². The van der Waals surface area contributed by atoms with Crippen LogP contribution in [-0.2, 0) is 27.7 Å². The monoisotopic (exact) mass is 524 g/mol. The van der Waals surface area contributed by atoms with E-state index in [0.717, 1.165) is 43.2 Å². The first-order valence-electron chi connectivity index (χ1n) is 13.2. The molecule has 2 aliphatic rings. The Morgan fingerprint density at radius 3 is 2.49 bits per heavy atom. The molecule has 2 bridgehead atoms. The second-order valence-corrected chi connectivity index (χ2v) is 13.8. The molecule has 2 aromatic carbocycles. The molecule has 1 aliphatic heterocycles. The molecule has 1 amide bonds. The molecule has 1 heterocycles. The van der Waals surface area contributed by atoms with E-state index >= 15 is 0 Å². The highest BCUT2D eigenvalue weighted by molar-refractivity contribution is 7.89. The van der Waals surface area contributed by atoms with Gasteiger partial charge in [-0.2, -0.15) is 4.72 Å². The summed E-state index contributed by atoms with van der Waals surface area (Å²) in [6, 6.07) is 13.1. The first-order valence-corrected chi connectivity index (χ1v) is 14.6. The van der Waals surface area contributed by atoms with Crippen molar-refractivity contribution < 1.29 is 13.2 Å². The van der Waals surface area contributed by atoms with Crippen LogP contribution in [0.1, 0.15) is 70.1 Å². The number of hydrogen-bond donors (Lipinski definition) is 3. The van der Waals surface area contributed by atoms with Crippen LogP contribution >= 0.6 is 0 Å². The fourth-order valence-corrected chi connectivity index (χ4v) is 7.77. The van der Waals surface area contributed by atoms with Crippen LogP contribution in [0.4, 0.5) is 0 Å². The van der Waals surface area contributed by atoms with E-state index < -0.39 is 16.1 Å². The number of carbonyl (C=O) groups is 1. The maximum absolute atomic E-state index is 14.0. The average Bonchev–Trinajstić information content (AvgIpc) is 3.07. The Hall–Kier alpha value is -2.71. The van der Waals surface area contributed by atoms with E-state index in [9.17, 15) is 13.2 Å². The minimum Gasteiger partial charge on any atom is -0.384 e. The van der Waals surface area contributed by atoms with Crippen molar-refractivity contribution in [1.29, 1.82) is 5.41 Å². The molecule has 2 unspecified atom stereocenters. The molecule has 1 aliphatic carbocycles. The normalized spacial score (nSPS) is 23.6. The molecule has 200 valence electrons. The summed E-state index contributed by atoms with van der Waals surface area (Å²) in [5.41, 5.74) is 8.23. The Morgan fingerprint density at radius 2 is 1.84 bits per heavy atom. The zero-order valence-electron chi connectivity index (χ0n) is 22.4. The summed E-state index contributed by atoms with van der Waals surface area (Å²) in [5.74, 6) is -0.258. The van der Waals surface area contributed by atoms with E-state index in [-0.39, 0.29) is 39.9 Å². The van der Waals surface area contributed by atoms with E-state index in [0.29, 0.717) is 12.1 Å². The lowest BCUT2D eigenvalue weighted by Gasteiger charge is -2.39. The number of likely N-dealkylation sites (tertiary alicyclic amines) is 1. The van der Waals surface area contributed by atoms with Gasteiger partial charge in [0.05, 0.1) is 4.90 Å². The molecule has 1 saturated carbocycles. The highest BCUT2D eigenvalue weighted by atomic mass is 32.2. The third kappa shape index (κ3) is 6.24. The van der Waals surface area contributed by atoms with Gasteiger partial charge in [0.15, 0.2) is 0 Å². The van der Waals surface area contributed by atoms with Crippen molar-refractivity contribution in [3.63, 3.8) is 0 Å². The molecule has 0 radical (unpaired) electrons. The molecule has 0 aromatic heterocycles. The maximum Gasteiger partial charge on any atom is 0.241 e. The second-order valence-electron chi connectivity index (χ2n) is 12.1. The zero-order valence-corrected chi connectivity index (χ0v) is 23.2. The maximum atomic E-state index is 14.0. The Morgan fingerprint density at radius 1 is 1.14 bits per heavy atom. The van der Waals surface area contributed by atoms with Crippen molar-refractivity contribution in [1.82, 2.24) is 9.62 Å². The van der Waals surface area contributed by atoms with Gasteiger partial charge < -0.3 is 10.6 Å². The van der Waals surface area contributed by atoms with Crippen LogP contribution in [0.15, 0.2) is 53.4 Å². The van der Waals surface area contributed by atoms with Crippen LogP contribution in [0.2, 0.25) is 0 Å². The Labute approximate surface area is 221 Å². The Kier molecular flexibility index (Phi) is 7.55. The van der Waals surface area contributed by atoms with Gasteiger partial charge in [0.2, 0.25) is 15.9 Å². The van der Waals surface area contributed by atoms with Crippen LogP contribution < -0.4 is 10.5 Å². The molecule has 1 saturated heterocycles. The summed E-state index contributed by atoms with van der Waals surface area (Å²) in [7, 11) is -3.94. The van der Waals surface area contributed by atoms with Crippen LogP contribution in [0.25, 0.3) is 0 Å². The third-order valence-corrected chi connectivity index (χ3v) is 9.23. The molecule has 7 nitrogen and oxygen atoms in total. The van der Waals surface area contributed by atoms with Gasteiger partial charge in [-0.15, -0.1) is 0 Å². The Bertz CT molecular complexity index is 1270. The highest BCUT2D eigenvalue weighted by Crippen LogP contribution is 2.52. The SMILES string of the molecule is CCCc1ccc(S(=O)(=O)N[C@@H](Cc2cccc(C(=N)N)c2)C(=O)N2CC3(C)CC2CC(C)(C)C3)cc1. The second kappa shape index (κ2) is 10.2. The van der Waals surface area contributed by atoms with Crippen LogP contribution in [0.5, 0.6) is 0 Å². The molecule has 37 heavy (non-hydrogen) atoms. The number of nitrogens with two attached hydrogens (primary N) is 1. The van der Waals surface area contributed by atoms with Gasteiger partial charge in [-0.1, -0.05) is 64.4 Å². The van der Waals surface area contributed by atoms with Gasteiger partial charge in [-0.25, -0.2) is 8.42 Å². The highest BCUT2D eigenvalue weighted by Gasteiger charge is 2.52. The lowest BCUT2D eigenvalue weighted by atomic mass is 9.65. The molecular formula is C29H40N4O3S. The number of amides is 1. The summed E-state index contributed by atoms with van der Waals surface area (Å²) in [6.45, 7) is 9.46. The number of nitrogens with zero attached hydrogens (tertiary/aromatic N) is 1. The van der Waals surface area contributed by atoms with Gasteiger partial charge >= 0.3 is 0 Å². The fraction of sp³-hybridized carbons (Fsp3) is 0.517. The molecule has 4 N–H and O–H groups in total. The van der Waals surface area contributed by atoms with Gasteiger partial charge in [0.1, 0.15) is 11.9 Å².